The van der Waals surface area contributed by atoms with Crippen molar-refractivity contribution in [1.82, 2.24) is 15.3 Å². The van der Waals surface area contributed by atoms with Crippen molar-refractivity contribution >= 4 is 16.9 Å². The first-order valence-electron chi connectivity index (χ1n) is 6.04. The molecule has 0 aliphatic carbocycles. The van der Waals surface area contributed by atoms with E-state index in [9.17, 15) is 4.79 Å². The predicted octanol–water partition coefficient (Wildman–Crippen LogP) is 2.59. The molecular formula is C15H13N3O. The van der Waals surface area contributed by atoms with Crippen LogP contribution in [0.4, 0.5) is 0 Å². The average molecular weight is 251 g/mol. The van der Waals surface area contributed by atoms with E-state index in [1.165, 1.54) is 0 Å². The first kappa shape index (κ1) is 11.5. The van der Waals surface area contributed by atoms with Gasteiger partial charge in [-0.2, -0.15) is 0 Å². The van der Waals surface area contributed by atoms with Crippen molar-refractivity contribution in [3.05, 3.63) is 54.2 Å². The van der Waals surface area contributed by atoms with Gasteiger partial charge in [-0.05, 0) is 35.9 Å². The summed E-state index contributed by atoms with van der Waals surface area (Å²) in [5.74, 6) is -0.0788. The molecule has 2 heterocycles. The van der Waals surface area contributed by atoms with E-state index in [2.05, 4.69) is 21.4 Å². The molecule has 0 fully saturated rings. The second-order valence-electron chi connectivity index (χ2n) is 4.28. The number of hydrogen-bond donors (Lipinski definition) is 2. The van der Waals surface area contributed by atoms with E-state index in [0.29, 0.717) is 5.56 Å². The molecule has 0 spiro atoms. The summed E-state index contributed by atoms with van der Waals surface area (Å²) in [6.45, 7) is 0. The van der Waals surface area contributed by atoms with Gasteiger partial charge >= 0.3 is 0 Å². The third-order valence-corrected chi connectivity index (χ3v) is 3.08. The van der Waals surface area contributed by atoms with Gasteiger partial charge in [0.15, 0.2) is 0 Å². The number of rotatable bonds is 2. The summed E-state index contributed by atoms with van der Waals surface area (Å²) < 4.78 is 0. The highest BCUT2D eigenvalue weighted by Gasteiger charge is 2.06. The van der Waals surface area contributed by atoms with Crippen LogP contribution in [0.25, 0.3) is 22.3 Å². The smallest absolute Gasteiger partial charge is 0.251 e. The summed E-state index contributed by atoms with van der Waals surface area (Å²) in [5.41, 5.74) is 3.55. The topological polar surface area (TPSA) is 57.8 Å². The first-order chi connectivity index (χ1) is 9.28. The van der Waals surface area contributed by atoms with Gasteiger partial charge in [0.1, 0.15) is 5.65 Å². The molecule has 0 atom stereocenters. The first-order valence-corrected chi connectivity index (χ1v) is 6.04. The molecule has 0 aliphatic heterocycles. The molecule has 1 amide bonds. The number of carbonyl (C=O) groups is 1. The summed E-state index contributed by atoms with van der Waals surface area (Å²) in [6, 6.07) is 13.5. The van der Waals surface area contributed by atoms with E-state index < -0.39 is 0 Å². The van der Waals surface area contributed by atoms with Crippen molar-refractivity contribution in [2.24, 2.45) is 0 Å². The Morgan fingerprint density at radius 1 is 1.21 bits per heavy atom. The number of nitrogens with zero attached hydrogens (tertiary/aromatic N) is 1. The SMILES string of the molecule is CNC(=O)c1ccc(-c2cc3cccnc3[nH]2)cc1. The fourth-order valence-corrected chi connectivity index (χ4v) is 2.06. The molecule has 4 heteroatoms. The Morgan fingerprint density at radius 2 is 2.00 bits per heavy atom. The maximum atomic E-state index is 11.5. The Labute approximate surface area is 110 Å². The Kier molecular flexibility index (Phi) is 2.76. The molecule has 19 heavy (non-hydrogen) atoms. The predicted molar refractivity (Wildman–Crippen MR) is 74.9 cm³/mol. The van der Waals surface area contributed by atoms with Crippen LogP contribution < -0.4 is 5.32 Å². The number of aromatic amines is 1. The number of hydrogen-bond acceptors (Lipinski definition) is 2. The number of benzene rings is 1. The minimum atomic E-state index is -0.0788. The molecular weight excluding hydrogens is 238 g/mol. The number of H-pyrrole nitrogens is 1. The van der Waals surface area contributed by atoms with Gasteiger partial charge in [0.2, 0.25) is 0 Å². The number of aromatic nitrogens is 2. The molecule has 2 N–H and O–H groups in total. The van der Waals surface area contributed by atoms with Crippen LogP contribution in [0, 0.1) is 0 Å². The maximum Gasteiger partial charge on any atom is 0.251 e. The van der Waals surface area contributed by atoms with Crippen LogP contribution in [0.15, 0.2) is 48.7 Å². The number of carbonyl (C=O) groups excluding carboxylic acids is 1. The number of nitrogens with one attached hydrogen (secondary N) is 2. The highest BCUT2D eigenvalue weighted by Crippen LogP contribution is 2.23. The van der Waals surface area contributed by atoms with Crippen molar-refractivity contribution in [3.63, 3.8) is 0 Å². The quantitative estimate of drug-likeness (QED) is 0.735. The number of fused-ring (bicyclic) bond motifs is 1. The zero-order valence-electron chi connectivity index (χ0n) is 10.5. The molecule has 0 bridgehead atoms. The van der Waals surface area contributed by atoms with Gasteiger partial charge < -0.3 is 10.3 Å². The lowest BCUT2D eigenvalue weighted by Crippen LogP contribution is -2.17. The van der Waals surface area contributed by atoms with Gasteiger partial charge in [0.05, 0.1) is 0 Å². The van der Waals surface area contributed by atoms with Gasteiger partial charge in [-0.1, -0.05) is 12.1 Å². The van der Waals surface area contributed by atoms with Crippen molar-refractivity contribution in [1.29, 1.82) is 0 Å². The Bertz CT molecular complexity index is 695. The number of amides is 1. The van der Waals surface area contributed by atoms with E-state index in [1.807, 2.05) is 36.4 Å². The van der Waals surface area contributed by atoms with Crippen molar-refractivity contribution in [3.8, 4) is 11.3 Å². The van der Waals surface area contributed by atoms with Gasteiger partial charge in [0.25, 0.3) is 5.91 Å². The number of pyridine rings is 1. The Morgan fingerprint density at radius 3 is 2.68 bits per heavy atom. The summed E-state index contributed by atoms with van der Waals surface area (Å²) in [4.78, 5) is 19.0. The standard InChI is InChI=1S/C15H13N3O/c1-16-15(19)11-6-4-10(5-7-11)13-9-12-3-2-8-17-14(12)18-13/h2-9H,1H3,(H,16,19)(H,17,18). The van der Waals surface area contributed by atoms with Gasteiger partial charge in [-0.25, -0.2) is 4.98 Å². The van der Waals surface area contributed by atoms with Gasteiger partial charge in [-0.15, -0.1) is 0 Å². The van der Waals surface area contributed by atoms with Crippen LogP contribution in [-0.2, 0) is 0 Å². The van der Waals surface area contributed by atoms with E-state index in [1.54, 1.807) is 13.2 Å². The molecule has 3 aromatic rings. The third kappa shape index (κ3) is 2.08. The highest BCUT2D eigenvalue weighted by atomic mass is 16.1. The van der Waals surface area contributed by atoms with Crippen molar-refractivity contribution < 1.29 is 4.79 Å². The molecule has 3 rings (SSSR count). The normalized spacial score (nSPS) is 10.6. The third-order valence-electron chi connectivity index (χ3n) is 3.08. The molecule has 0 saturated carbocycles. The van der Waals surface area contributed by atoms with Gasteiger partial charge in [0, 0.05) is 29.9 Å². The molecule has 0 radical (unpaired) electrons. The lowest BCUT2D eigenvalue weighted by Gasteiger charge is -2.01. The average Bonchev–Trinajstić information content (AvgIpc) is 2.90. The van der Waals surface area contributed by atoms with Gasteiger partial charge in [-0.3, -0.25) is 4.79 Å². The summed E-state index contributed by atoms with van der Waals surface area (Å²) in [7, 11) is 1.62. The van der Waals surface area contributed by atoms with Crippen LogP contribution in [0.5, 0.6) is 0 Å². The van der Waals surface area contributed by atoms with Crippen LogP contribution in [0.1, 0.15) is 10.4 Å². The van der Waals surface area contributed by atoms with E-state index in [0.717, 1.165) is 22.3 Å². The zero-order chi connectivity index (χ0) is 13.2. The lowest BCUT2D eigenvalue weighted by molar-refractivity contribution is 0.0963. The fourth-order valence-electron chi connectivity index (χ4n) is 2.06. The molecule has 0 aliphatic rings. The Balaban J connectivity index is 1.99. The van der Waals surface area contributed by atoms with Crippen LogP contribution in [0.3, 0.4) is 0 Å². The largest absolute Gasteiger partial charge is 0.355 e. The molecule has 94 valence electrons. The highest BCUT2D eigenvalue weighted by molar-refractivity contribution is 5.94. The maximum absolute atomic E-state index is 11.5. The summed E-state index contributed by atoms with van der Waals surface area (Å²) >= 11 is 0. The van der Waals surface area contributed by atoms with Crippen molar-refractivity contribution in [2.75, 3.05) is 7.05 Å². The summed E-state index contributed by atoms with van der Waals surface area (Å²) in [5, 5.41) is 3.68. The monoisotopic (exact) mass is 251 g/mol. The van der Waals surface area contributed by atoms with E-state index in [-0.39, 0.29) is 5.91 Å². The molecule has 1 aromatic carbocycles. The molecule has 0 saturated heterocycles. The second-order valence-corrected chi connectivity index (χ2v) is 4.28. The molecule has 0 unspecified atom stereocenters. The second kappa shape index (κ2) is 4.57. The molecule has 4 nitrogen and oxygen atoms in total. The summed E-state index contributed by atoms with van der Waals surface area (Å²) in [6.07, 6.45) is 1.76. The Hall–Kier alpha value is -2.62. The van der Waals surface area contributed by atoms with Crippen LogP contribution in [0.2, 0.25) is 0 Å². The minimum Gasteiger partial charge on any atom is -0.355 e. The fraction of sp³-hybridized carbons (Fsp3) is 0.0667. The van der Waals surface area contributed by atoms with Crippen LogP contribution >= 0.6 is 0 Å². The molecule has 2 aromatic heterocycles. The van der Waals surface area contributed by atoms with Crippen molar-refractivity contribution in [2.45, 2.75) is 0 Å². The van der Waals surface area contributed by atoms with E-state index >= 15 is 0 Å². The minimum absolute atomic E-state index is 0.0788. The van der Waals surface area contributed by atoms with Crippen LogP contribution in [-0.4, -0.2) is 22.9 Å². The zero-order valence-corrected chi connectivity index (χ0v) is 10.5. The van der Waals surface area contributed by atoms with E-state index in [4.69, 9.17) is 0 Å². The lowest BCUT2D eigenvalue weighted by atomic mass is 10.1.